The van der Waals surface area contributed by atoms with Crippen LogP contribution in [-0.4, -0.2) is 28.8 Å². The molecule has 0 N–H and O–H groups in total. The minimum atomic E-state index is 0.193. The summed E-state index contributed by atoms with van der Waals surface area (Å²) in [6, 6.07) is 0. The van der Waals surface area contributed by atoms with Crippen LogP contribution in [0, 0.1) is 5.92 Å². The van der Waals surface area contributed by atoms with Crippen molar-refractivity contribution in [2.24, 2.45) is 5.92 Å². The van der Waals surface area contributed by atoms with Crippen molar-refractivity contribution in [3.8, 4) is 0 Å². The fourth-order valence-electron chi connectivity index (χ4n) is 1.02. The highest BCUT2D eigenvalue weighted by molar-refractivity contribution is 6.28. The van der Waals surface area contributed by atoms with E-state index in [-0.39, 0.29) is 5.28 Å². The van der Waals surface area contributed by atoms with Gasteiger partial charge >= 0.3 is 0 Å². The van der Waals surface area contributed by atoms with E-state index in [1.165, 1.54) is 0 Å². The predicted molar refractivity (Wildman–Crippen MR) is 57.6 cm³/mol. The van der Waals surface area contributed by atoms with Gasteiger partial charge in [-0.3, -0.25) is 0 Å². The van der Waals surface area contributed by atoms with Crippen molar-refractivity contribution in [1.29, 1.82) is 0 Å². The van der Waals surface area contributed by atoms with E-state index in [1.807, 2.05) is 11.9 Å². The fourth-order valence-corrected chi connectivity index (χ4v) is 1.15. The minimum Gasteiger partial charge on any atom is -0.358 e. The van der Waals surface area contributed by atoms with Crippen molar-refractivity contribution in [3.63, 3.8) is 0 Å². The van der Waals surface area contributed by atoms with E-state index in [4.69, 9.17) is 11.6 Å². The van der Waals surface area contributed by atoms with Gasteiger partial charge in [-0.05, 0) is 23.9 Å². The molecule has 0 amide bonds. The number of aromatic nitrogens is 3. The number of hydrogen-bond acceptors (Lipinski definition) is 4. The summed E-state index contributed by atoms with van der Waals surface area (Å²) in [7, 11) is 1.97. The molecule has 4 nitrogen and oxygen atoms in total. The van der Waals surface area contributed by atoms with E-state index in [9.17, 15) is 0 Å². The molecular formula is C9H15ClN4. The maximum absolute atomic E-state index is 5.64. The Hall–Kier alpha value is -0.900. The number of hydrogen-bond donors (Lipinski definition) is 0. The van der Waals surface area contributed by atoms with Crippen molar-refractivity contribution < 1.29 is 0 Å². The SMILES string of the molecule is CC(C)CCN(C)c1cnnc(Cl)n1. The second-order valence-electron chi connectivity index (χ2n) is 3.69. The van der Waals surface area contributed by atoms with Gasteiger partial charge in [-0.2, -0.15) is 10.1 Å². The van der Waals surface area contributed by atoms with E-state index in [0.717, 1.165) is 18.8 Å². The number of halogens is 1. The summed E-state index contributed by atoms with van der Waals surface area (Å²) >= 11 is 5.64. The van der Waals surface area contributed by atoms with Gasteiger partial charge < -0.3 is 4.90 Å². The minimum absolute atomic E-state index is 0.193. The lowest BCUT2D eigenvalue weighted by Gasteiger charge is -2.18. The topological polar surface area (TPSA) is 41.9 Å². The van der Waals surface area contributed by atoms with Gasteiger partial charge in [-0.25, -0.2) is 0 Å². The molecule has 0 fully saturated rings. The van der Waals surface area contributed by atoms with Crippen LogP contribution in [0.5, 0.6) is 0 Å². The predicted octanol–water partition coefficient (Wildman–Crippen LogP) is 2.01. The highest BCUT2D eigenvalue weighted by Gasteiger charge is 2.04. The molecule has 5 heteroatoms. The molecule has 1 heterocycles. The molecule has 14 heavy (non-hydrogen) atoms. The summed E-state index contributed by atoms with van der Waals surface area (Å²) in [5, 5.41) is 7.53. The third kappa shape index (κ3) is 3.46. The highest BCUT2D eigenvalue weighted by Crippen LogP contribution is 2.10. The molecule has 0 spiro atoms. The number of rotatable bonds is 4. The van der Waals surface area contributed by atoms with Crippen LogP contribution in [0.25, 0.3) is 0 Å². The van der Waals surface area contributed by atoms with E-state index >= 15 is 0 Å². The van der Waals surface area contributed by atoms with Gasteiger partial charge in [0.15, 0.2) is 5.82 Å². The average molecular weight is 215 g/mol. The molecule has 0 atom stereocenters. The van der Waals surface area contributed by atoms with E-state index in [0.29, 0.717) is 5.92 Å². The Morgan fingerprint density at radius 1 is 1.50 bits per heavy atom. The van der Waals surface area contributed by atoms with Crippen molar-refractivity contribution in [1.82, 2.24) is 15.2 Å². The molecule has 0 aromatic carbocycles. The fraction of sp³-hybridized carbons (Fsp3) is 0.667. The molecule has 78 valence electrons. The zero-order valence-corrected chi connectivity index (χ0v) is 9.49. The van der Waals surface area contributed by atoms with Gasteiger partial charge in [-0.15, -0.1) is 5.10 Å². The maximum atomic E-state index is 5.64. The van der Waals surface area contributed by atoms with Crippen molar-refractivity contribution >= 4 is 17.4 Å². The third-order valence-corrected chi connectivity index (χ3v) is 2.11. The molecule has 0 saturated carbocycles. The summed E-state index contributed by atoms with van der Waals surface area (Å²) in [6.45, 7) is 5.34. The summed E-state index contributed by atoms with van der Waals surface area (Å²) in [6.07, 6.45) is 2.74. The zero-order valence-electron chi connectivity index (χ0n) is 8.74. The largest absolute Gasteiger partial charge is 0.358 e. The summed E-state index contributed by atoms with van der Waals surface area (Å²) in [5.41, 5.74) is 0. The van der Waals surface area contributed by atoms with Gasteiger partial charge in [0, 0.05) is 13.6 Å². The Morgan fingerprint density at radius 2 is 2.21 bits per heavy atom. The lowest BCUT2D eigenvalue weighted by Crippen LogP contribution is -2.21. The number of anilines is 1. The Balaban J connectivity index is 2.56. The van der Waals surface area contributed by atoms with Crippen LogP contribution < -0.4 is 4.90 Å². The molecular weight excluding hydrogens is 200 g/mol. The molecule has 1 aromatic heterocycles. The van der Waals surface area contributed by atoms with Crippen LogP contribution in [0.1, 0.15) is 20.3 Å². The highest BCUT2D eigenvalue weighted by atomic mass is 35.5. The second kappa shape index (κ2) is 5.10. The third-order valence-electron chi connectivity index (χ3n) is 1.95. The van der Waals surface area contributed by atoms with Gasteiger partial charge in [-0.1, -0.05) is 13.8 Å². The van der Waals surface area contributed by atoms with Crippen LogP contribution >= 0.6 is 11.6 Å². The van der Waals surface area contributed by atoms with Gasteiger partial charge in [0.2, 0.25) is 5.28 Å². The van der Waals surface area contributed by atoms with Gasteiger partial charge in [0.1, 0.15) is 0 Å². The second-order valence-corrected chi connectivity index (χ2v) is 4.03. The Kier molecular flexibility index (Phi) is 4.07. The molecule has 0 unspecified atom stereocenters. The molecule has 1 aromatic rings. The Labute approximate surface area is 89.3 Å². The molecule has 0 bridgehead atoms. The molecule has 0 saturated heterocycles. The molecule has 0 aliphatic carbocycles. The van der Waals surface area contributed by atoms with Crippen molar-refractivity contribution in [2.45, 2.75) is 20.3 Å². The normalized spacial score (nSPS) is 10.6. The average Bonchev–Trinajstić information content (AvgIpc) is 2.14. The molecule has 1 rings (SSSR count). The first-order valence-corrected chi connectivity index (χ1v) is 5.03. The first kappa shape index (κ1) is 11.2. The molecule has 0 aliphatic rings. The summed E-state index contributed by atoms with van der Waals surface area (Å²) < 4.78 is 0. The standard InChI is InChI=1S/C9H15ClN4/c1-7(2)4-5-14(3)8-6-11-13-9(10)12-8/h6-7H,4-5H2,1-3H3. The van der Waals surface area contributed by atoms with Crippen LogP contribution in [0.3, 0.4) is 0 Å². The van der Waals surface area contributed by atoms with E-state index in [2.05, 4.69) is 29.0 Å². The summed E-state index contributed by atoms with van der Waals surface area (Å²) in [5.74, 6) is 1.45. The van der Waals surface area contributed by atoms with Crippen LogP contribution in [0.2, 0.25) is 5.28 Å². The van der Waals surface area contributed by atoms with Gasteiger partial charge in [0.25, 0.3) is 0 Å². The lowest BCUT2D eigenvalue weighted by molar-refractivity contribution is 0.583. The maximum Gasteiger partial charge on any atom is 0.244 e. The van der Waals surface area contributed by atoms with Crippen LogP contribution in [0.4, 0.5) is 5.82 Å². The number of nitrogens with zero attached hydrogens (tertiary/aromatic N) is 4. The van der Waals surface area contributed by atoms with Crippen LogP contribution in [0.15, 0.2) is 6.20 Å². The first-order valence-electron chi connectivity index (χ1n) is 4.66. The Morgan fingerprint density at radius 3 is 2.79 bits per heavy atom. The lowest BCUT2D eigenvalue weighted by atomic mass is 10.1. The molecule has 0 aliphatic heterocycles. The van der Waals surface area contributed by atoms with Crippen LogP contribution in [-0.2, 0) is 0 Å². The zero-order chi connectivity index (χ0) is 10.6. The van der Waals surface area contributed by atoms with Crippen molar-refractivity contribution in [2.75, 3.05) is 18.5 Å². The smallest absolute Gasteiger partial charge is 0.244 e. The van der Waals surface area contributed by atoms with E-state index < -0.39 is 0 Å². The first-order chi connectivity index (χ1) is 6.59. The quantitative estimate of drug-likeness (QED) is 0.769. The Bertz CT molecular complexity index is 290. The summed E-state index contributed by atoms with van der Waals surface area (Å²) in [4.78, 5) is 6.10. The van der Waals surface area contributed by atoms with E-state index in [1.54, 1.807) is 6.20 Å². The van der Waals surface area contributed by atoms with Gasteiger partial charge in [0.05, 0.1) is 6.20 Å². The monoisotopic (exact) mass is 214 g/mol. The van der Waals surface area contributed by atoms with Crippen molar-refractivity contribution in [3.05, 3.63) is 11.5 Å². The molecule has 0 radical (unpaired) electrons.